The molecule has 0 aliphatic carbocycles. The molecule has 0 aliphatic heterocycles. The van der Waals surface area contributed by atoms with Crippen molar-refractivity contribution in [2.24, 2.45) is 0 Å². The molecular weight excluding hydrogens is 244 g/mol. The van der Waals surface area contributed by atoms with E-state index < -0.39 is 12.0 Å². The molecule has 2 amide bonds. The van der Waals surface area contributed by atoms with E-state index >= 15 is 0 Å². The first-order chi connectivity index (χ1) is 8.15. The number of amides is 2. The predicted octanol–water partition coefficient (Wildman–Crippen LogP) is 0.785. The van der Waals surface area contributed by atoms with Crippen LogP contribution in [0, 0.1) is 0 Å². The second kappa shape index (κ2) is 6.79. The molecule has 0 unspecified atom stereocenters. The first-order valence-electron chi connectivity index (χ1n) is 5.18. The van der Waals surface area contributed by atoms with E-state index in [1.54, 1.807) is 6.92 Å². The molecule has 1 aromatic heterocycles. The summed E-state index contributed by atoms with van der Waals surface area (Å²) in [6.45, 7) is 3.77. The summed E-state index contributed by atoms with van der Waals surface area (Å²) >= 11 is 1.30. The van der Waals surface area contributed by atoms with Crippen molar-refractivity contribution >= 4 is 28.5 Å². The quantitative estimate of drug-likeness (QED) is 0.761. The number of rotatable bonds is 5. The van der Waals surface area contributed by atoms with Crippen LogP contribution in [0.4, 0.5) is 9.93 Å². The van der Waals surface area contributed by atoms with Gasteiger partial charge in [0.25, 0.3) is 0 Å². The van der Waals surface area contributed by atoms with Gasteiger partial charge in [-0.25, -0.2) is 4.79 Å². The highest BCUT2D eigenvalue weighted by Crippen LogP contribution is 2.14. The van der Waals surface area contributed by atoms with Gasteiger partial charge in [0.05, 0.1) is 6.61 Å². The molecule has 0 saturated carbocycles. The van der Waals surface area contributed by atoms with Crippen LogP contribution in [0.3, 0.4) is 0 Å². The van der Waals surface area contributed by atoms with Crippen LogP contribution in [0.1, 0.15) is 18.9 Å². The van der Waals surface area contributed by atoms with Crippen LogP contribution >= 0.6 is 11.3 Å². The number of anilines is 1. The third kappa shape index (κ3) is 4.77. The Labute approximate surface area is 103 Å². The van der Waals surface area contributed by atoms with Crippen LogP contribution in [0.25, 0.3) is 0 Å². The largest absolute Gasteiger partial charge is 0.465 e. The first-order valence-corrected chi connectivity index (χ1v) is 6.00. The number of esters is 1. The second-order valence-electron chi connectivity index (χ2n) is 2.97. The maximum atomic E-state index is 11.3. The minimum Gasteiger partial charge on any atom is -0.465 e. The van der Waals surface area contributed by atoms with Gasteiger partial charge in [-0.1, -0.05) is 18.3 Å². The molecule has 0 saturated heterocycles. The van der Waals surface area contributed by atoms with E-state index in [0.29, 0.717) is 11.7 Å². The molecule has 0 bridgehead atoms. The topological polar surface area (TPSA) is 93.2 Å². The normalized spacial score (nSPS) is 9.76. The number of nitrogens with zero attached hydrogens (tertiary/aromatic N) is 2. The fourth-order valence-electron chi connectivity index (χ4n) is 0.953. The number of aryl methyl sites for hydroxylation is 1. The second-order valence-corrected chi connectivity index (χ2v) is 4.03. The third-order valence-corrected chi connectivity index (χ3v) is 2.67. The minimum atomic E-state index is -0.503. The fourth-order valence-corrected chi connectivity index (χ4v) is 1.63. The average molecular weight is 258 g/mol. The van der Waals surface area contributed by atoms with Crippen LogP contribution in [0.5, 0.6) is 0 Å². The summed E-state index contributed by atoms with van der Waals surface area (Å²) in [5, 5.41) is 13.7. The maximum absolute atomic E-state index is 11.3. The Hall–Kier alpha value is -1.70. The van der Waals surface area contributed by atoms with Crippen molar-refractivity contribution in [1.29, 1.82) is 0 Å². The van der Waals surface area contributed by atoms with Crippen LogP contribution in [0.2, 0.25) is 0 Å². The Kier molecular flexibility index (Phi) is 5.34. The molecular formula is C9H14N4O3S. The molecule has 1 aromatic rings. The van der Waals surface area contributed by atoms with Crippen molar-refractivity contribution in [3.8, 4) is 0 Å². The minimum absolute atomic E-state index is 0.168. The van der Waals surface area contributed by atoms with Crippen molar-refractivity contribution in [2.75, 3.05) is 18.5 Å². The van der Waals surface area contributed by atoms with Gasteiger partial charge in [0.15, 0.2) is 0 Å². The van der Waals surface area contributed by atoms with E-state index in [9.17, 15) is 9.59 Å². The molecule has 0 aromatic carbocycles. The molecule has 17 heavy (non-hydrogen) atoms. The molecule has 7 nitrogen and oxygen atoms in total. The summed E-state index contributed by atoms with van der Waals surface area (Å²) in [6, 6.07) is -0.503. The highest BCUT2D eigenvalue weighted by Gasteiger charge is 2.08. The lowest BCUT2D eigenvalue weighted by Crippen LogP contribution is -2.34. The zero-order valence-corrected chi connectivity index (χ0v) is 10.5. The summed E-state index contributed by atoms with van der Waals surface area (Å²) in [4.78, 5) is 22.3. The SMILES string of the molecule is CCOC(=O)CNC(=O)Nc1nnc(CC)s1. The predicted molar refractivity (Wildman–Crippen MR) is 62.9 cm³/mol. The third-order valence-electron chi connectivity index (χ3n) is 1.69. The highest BCUT2D eigenvalue weighted by atomic mass is 32.1. The number of ether oxygens (including phenoxy) is 1. The first kappa shape index (κ1) is 13.4. The number of urea groups is 1. The number of carbonyl (C=O) groups is 2. The van der Waals surface area contributed by atoms with E-state index in [1.165, 1.54) is 11.3 Å². The molecule has 2 N–H and O–H groups in total. The Balaban J connectivity index is 2.32. The summed E-state index contributed by atoms with van der Waals surface area (Å²) in [7, 11) is 0. The zero-order chi connectivity index (χ0) is 12.7. The molecule has 0 atom stereocenters. The highest BCUT2D eigenvalue weighted by molar-refractivity contribution is 7.15. The molecule has 0 radical (unpaired) electrons. The standard InChI is InChI=1S/C9H14N4O3S/c1-3-6-12-13-9(17-6)11-8(15)10-5-7(14)16-4-2/h3-5H2,1-2H3,(H2,10,11,13,15). The number of hydrogen-bond acceptors (Lipinski definition) is 6. The van der Waals surface area contributed by atoms with Gasteiger partial charge in [0.1, 0.15) is 11.6 Å². The summed E-state index contributed by atoms with van der Waals surface area (Å²) in [5.74, 6) is -0.478. The Morgan fingerprint density at radius 2 is 2.12 bits per heavy atom. The van der Waals surface area contributed by atoms with Crippen LogP contribution in [0.15, 0.2) is 0 Å². The van der Waals surface area contributed by atoms with E-state index in [2.05, 4.69) is 25.6 Å². The van der Waals surface area contributed by atoms with Gasteiger partial charge in [0, 0.05) is 0 Å². The van der Waals surface area contributed by atoms with Crippen LogP contribution in [-0.2, 0) is 16.0 Å². The van der Waals surface area contributed by atoms with Crippen molar-refractivity contribution in [3.63, 3.8) is 0 Å². The molecule has 1 rings (SSSR count). The average Bonchev–Trinajstić information content (AvgIpc) is 2.74. The van der Waals surface area contributed by atoms with Gasteiger partial charge in [-0.3, -0.25) is 10.1 Å². The van der Waals surface area contributed by atoms with E-state index in [1.807, 2.05) is 6.92 Å². The smallest absolute Gasteiger partial charge is 0.325 e. The molecule has 0 fully saturated rings. The monoisotopic (exact) mass is 258 g/mol. The zero-order valence-electron chi connectivity index (χ0n) is 9.65. The van der Waals surface area contributed by atoms with Crippen LogP contribution in [-0.4, -0.2) is 35.3 Å². The van der Waals surface area contributed by atoms with Gasteiger partial charge >= 0.3 is 12.0 Å². The van der Waals surface area contributed by atoms with E-state index in [4.69, 9.17) is 0 Å². The number of aromatic nitrogens is 2. The maximum Gasteiger partial charge on any atom is 0.325 e. The number of nitrogens with one attached hydrogen (secondary N) is 2. The van der Waals surface area contributed by atoms with Gasteiger partial charge < -0.3 is 10.1 Å². The summed E-state index contributed by atoms with van der Waals surface area (Å²) in [5.41, 5.74) is 0. The lowest BCUT2D eigenvalue weighted by Gasteiger charge is -2.04. The van der Waals surface area contributed by atoms with Crippen LogP contribution < -0.4 is 10.6 Å². The van der Waals surface area contributed by atoms with Gasteiger partial charge in [0.2, 0.25) is 5.13 Å². The Bertz CT molecular complexity index is 393. The lowest BCUT2D eigenvalue weighted by atomic mass is 10.5. The summed E-state index contributed by atoms with van der Waals surface area (Å²) in [6.07, 6.45) is 0.768. The lowest BCUT2D eigenvalue weighted by molar-refractivity contribution is -0.141. The fraction of sp³-hybridized carbons (Fsp3) is 0.556. The van der Waals surface area contributed by atoms with Crippen molar-refractivity contribution in [1.82, 2.24) is 15.5 Å². The molecule has 1 heterocycles. The Morgan fingerprint density at radius 1 is 1.35 bits per heavy atom. The Morgan fingerprint density at radius 3 is 2.71 bits per heavy atom. The van der Waals surface area contributed by atoms with Crippen molar-refractivity contribution in [3.05, 3.63) is 5.01 Å². The van der Waals surface area contributed by atoms with E-state index in [0.717, 1.165) is 11.4 Å². The van der Waals surface area contributed by atoms with Crippen molar-refractivity contribution in [2.45, 2.75) is 20.3 Å². The van der Waals surface area contributed by atoms with Gasteiger partial charge in [-0.05, 0) is 13.3 Å². The van der Waals surface area contributed by atoms with Crippen molar-refractivity contribution < 1.29 is 14.3 Å². The van der Waals surface area contributed by atoms with Gasteiger partial charge in [-0.2, -0.15) is 0 Å². The molecule has 0 aliphatic rings. The van der Waals surface area contributed by atoms with E-state index in [-0.39, 0.29) is 6.54 Å². The number of hydrogen-bond donors (Lipinski definition) is 2. The summed E-state index contributed by atoms with van der Waals surface area (Å²) < 4.78 is 4.66. The molecule has 94 valence electrons. The molecule has 0 spiro atoms. The molecule has 8 heteroatoms. The number of carbonyl (C=O) groups excluding carboxylic acids is 2. The van der Waals surface area contributed by atoms with Gasteiger partial charge in [-0.15, -0.1) is 10.2 Å².